The van der Waals surface area contributed by atoms with Gasteiger partial charge in [0, 0.05) is 36.8 Å². The Hall–Kier alpha value is -3.13. The Bertz CT molecular complexity index is 919. The van der Waals surface area contributed by atoms with E-state index in [1.54, 1.807) is 37.2 Å². The molecule has 0 spiro atoms. The number of hydrogen-bond acceptors (Lipinski definition) is 6. The monoisotopic (exact) mass is 384 g/mol. The molecule has 1 amide bonds. The number of thiazole rings is 1. The van der Waals surface area contributed by atoms with Crippen molar-refractivity contribution < 1.29 is 14.3 Å². The van der Waals surface area contributed by atoms with Crippen molar-refractivity contribution in [1.29, 1.82) is 0 Å². The summed E-state index contributed by atoms with van der Waals surface area (Å²) in [6.07, 6.45) is 7.45. The maximum absolute atomic E-state index is 12.0. The molecule has 0 aliphatic rings. The van der Waals surface area contributed by atoms with Gasteiger partial charge in [0.05, 0.1) is 19.9 Å². The van der Waals surface area contributed by atoms with Gasteiger partial charge in [-0.25, -0.2) is 9.67 Å². The number of benzene rings is 1. The molecule has 27 heavy (non-hydrogen) atoms. The van der Waals surface area contributed by atoms with E-state index in [0.29, 0.717) is 24.5 Å². The molecule has 2 aromatic heterocycles. The normalized spacial score (nSPS) is 10.9. The minimum Gasteiger partial charge on any atom is -0.493 e. The van der Waals surface area contributed by atoms with Crippen LogP contribution in [0.2, 0.25) is 0 Å². The molecule has 0 aliphatic carbocycles. The minimum absolute atomic E-state index is 0.160. The summed E-state index contributed by atoms with van der Waals surface area (Å²) >= 11 is 1.52. The highest BCUT2D eigenvalue weighted by Gasteiger charge is 2.05. The van der Waals surface area contributed by atoms with E-state index in [1.165, 1.54) is 17.4 Å². The smallest absolute Gasteiger partial charge is 0.244 e. The lowest BCUT2D eigenvalue weighted by atomic mass is 10.2. The van der Waals surface area contributed by atoms with Crippen molar-refractivity contribution in [3.8, 4) is 16.6 Å². The molecule has 0 saturated carbocycles. The summed E-state index contributed by atoms with van der Waals surface area (Å²) in [5, 5.41) is 9.80. The average molecular weight is 384 g/mol. The van der Waals surface area contributed by atoms with E-state index >= 15 is 0 Å². The van der Waals surface area contributed by atoms with E-state index in [-0.39, 0.29) is 5.91 Å². The number of rotatable bonds is 8. The van der Waals surface area contributed by atoms with Crippen LogP contribution in [-0.4, -0.2) is 41.4 Å². The standard InChI is InChI=1S/C19H20N4O3S/c1-25-16-6-4-14(12-17(16)26-2)5-7-18(24)20-10-8-15-13-27-19(22-15)23-11-3-9-21-23/h3-7,9,11-13H,8,10H2,1-2H3,(H,20,24)/b7-5+. The van der Waals surface area contributed by atoms with Crippen molar-refractivity contribution in [1.82, 2.24) is 20.1 Å². The number of nitrogens with zero attached hydrogens (tertiary/aromatic N) is 3. The van der Waals surface area contributed by atoms with Crippen molar-refractivity contribution >= 4 is 23.3 Å². The van der Waals surface area contributed by atoms with E-state index in [9.17, 15) is 4.79 Å². The van der Waals surface area contributed by atoms with Gasteiger partial charge in [0.15, 0.2) is 11.5 Å². The fourth-order valence-electron chi connectivity index (χ4n) is 2.40. The molecule has 0 atom stereocenters. The molecule has 1 aromatic carbocycles. The summed E-state index contributed by atoms with van der Waals surface area (Å²) < 4.78 is 12.2. The number of carbonyl (C=O) groups excluding carboxylic acids is 1. The van der Waals surface area contributed by atoms with Crippen LogP contribution in [0.1, 0.15) is 11.3 Å². The van der Waals surface area contributed by atoms with Gasteiger partial charge in [0.1, 0.15) is 0 Å². The van der Waals surface area contributed by atoms with E-state index in [2.05, 4.69) is 15.4 Å². The molecule has 0 bridgehead atoms. The molecule has 1 N–H and O–H groups in total. The number of hydrogen-bond donors (Lipinski definition) is 1. The summed E-state index contributed by atoms with van der Waals surface area (Å²) in [6, 6.07) is 7.33. The second-order valence-electron chi connectivity index (χ2n) is 5.56. The van der Waals surface area contributed by atoms with Gasteiger partial charge in [0.2, 0.25) is 11.0 Å². The molecule has 0 saturated heterocycles. The van der Waals surface area contributed by atoms with Crippen LogP contribution in [0.3, 0.4) is 0 Å². The van der Waals surface area contributed by atoms with Gasteiger partial charge < -0.3 is 14.8 Å². The molecule has 140 valence electrons. The zero-order chi connectivity index (χ0) is 19.1. The van der Waals surface area contributed by atoms with E-state index in [4.69, 9.17) is 9.47 Å². The molecule has 2 heterocycles. The number of nitrogens with one attached hydrogen (secondary N) is 1. The first-order valence-electron chi connectivity index (χ1n) is 8.32. The Morgan fingerprint density at radius 3 is 2.89 bits per heavy atom. The van der Waals surface area contributed by atoms with Crippen LogP contribution in [0.5, 0.6) is 11.5 Å². The predicted octanol–water partition coefficient (Wildman–Crippen LogP) is 2.72. The van der Waals surface area contributed by atoms with Crippen molar-refractivity contribution in [2.45, 2.75) is 6.42 Å². The fraction of sp³-hybridized carbons (Fsp3) is 0.211. The second-order valence-corrected chi connectivity index (χ2v) is 6.40. The molecule has 3 aromatic rings. The molecule has 7 nitrogen and oxygen atoms in total. The summed E-state index contributed by atoms with van der Waals surface area (Å²) in [6.45, 7) is 0.511. The van der Waals surface area contributed by atoms with E-state index in [0.717, 1.165) is 16.4 Å². The van der Waals surface area contributed by atoms with Crippen LogP contribution >= 0.6 is 11.3 Å². The first-order valence-corrected chi connectivity index (χ1v) is 9.20. The van der Waals surface area contributed by atoms with Crippen molar-refractivity contribution in [2.75, 3.05) is 20.8 Å². The second kappa shape index (κ2) is 9.00. The maximum Gasteiger partial charge on any atom is 0.244 e. The molecule has 0 radical (unpaired) electrons. The molecule has 8 heteroatoms. The Morgan fingerprint density at radius 1 is 1.30 bits per heavy atom. The fourth-order valence-corrected chi connectivity index (χ4v) is 3.20. The average Bonchev–Trinajstić information content (AvgIpc) is 3.37. The SMILES string of the molecule is COc1ccc(/C=C/C(=O)NCCc2csc(-n3cccn3)n2)cc1OC. The zero-order valence-corrected chi connectivity index (χ0v) is 15.9. The van der Waals surface area contributed by atoms with Gasteiger partial charge >= 0.3 is 0 Å². The number of methoxy groups -OCH3 is 2. The van der Waals surface area contributed by atoms with E-state index in [1.807, 2.05) is 29.8 Å². The molecule has 3 rings (SSSR count). The van der Waals surface area contributed by atoms with Gasteiger partial charge in [0.25, 0.3) is 0 Å². The third-order valence-electron chi connectivity index (χ3n) is 3.76. The third-order valence-corrected chi connectivity index (χ3v) is 4.63. The predicted molar refractivity (Wildman–Crippen MR) is 105 cm³/mol. The first-order chi connectivity index (χ1) is 13.2. The Kier molecular flexibility index (Phi) is 6.22. The number of carbonyl (C=O) groups is 1. The maximum atomic E-state index is 12.0. The Morgan fingerprint density at radius 2 is 2.15 bits per heavy atom. The van der Waals surface area contributed by atoms with Gasteiger partial charge in [-0.1, -0.05) is 6.07 Å². The van der Waals surface area contributed by atoms with Gasteiger partial charge in [-0.3, -0.25) is 4.79 Å². The molecule has 0 fully saturated rings. The van der Waals surface area contributed by atoms with Crippen LogP contribution in [0, 0.1) is 0 Å². The third kappa shape index (κ3) is 4.95. The van der Waals surface area contributed by atoms with Gasteiger partial charge in [-0.05, 0) is 29.8 Å². The largest absolute Gasteiger partial charge is 0.493 e. The molecule has 0 aliphatic heterocycles. The lowest BCUT2D eigenvalue weighted by molar-refractivity contribution is -0.116. The Balaban J connectivity index is 1.49. The number of aromatic nitrogens is 3. The van der Waals surface area contributed by atoms with Crippen LogP contribution in [0.4, 0.5) is 0 Å². The zero-order valence-electron chi connectivity index (χ0n) is 15.1. The first kappa shape index (κ1) is 18.7. The summed E-state index contributed by atoms with van der Waals surface area (Å²) in [4.78, 5) is 16.5. The van der Waals surface area contributed by atoms with Crippen LogP contribution in [0.25, 0.3) is 11.2 Å². The van der Waals surface area contributed by atoms with Crippen LogP contribution in [0.15, 0.2) is 48.1 Å². The van der Waals surface area contributed by atoms with E-state index < -0.39 is 0 Å². The topological polar surface area (TPSA) is 78.3 Å². The highest BCUT2D eigenvalue weighted by Crippen LogP contribution is 2.27. The molecule has 0 unspecified atom stereocenters. The minimum atomic E-state index is -0.160. The summed E-state index contributed by atoms with van der Waals surface area (Å²) in [5.41, 5.74) is 1.78. The number of amides is 1. The molecular weight excluding hydrogens is 364 g/mol. The quantitative estimate of drug-likeness (QED) is 0.604. The lowest BCUT2D eigenvalue weighted by Gasteiger charge is -2.07. The van der Waals surface area contributed by atoms with Gasteiger partial charge in [-0.2, -0.15) is 5.10 Å². The van der Waals surface area contributed by atoms with Crippen molar-refractivity contribution in [3.05, 3.63) is 59.4 Å². The summed E-state index contributed by atoms with van der Waals surface area (Å²) in [7, 11) is 3.16. The lowest BCUT2D eigenvalue weighted by Crippen LogP contribution is -2.23. The summed E-state index contributed by atoms with van der Waals surface area (Å²) in [5.74, 6) is 1.11. The van der Waals surface area contributed by atoms with Crippen molar-refractivity contribution in [3.63, 3.8) is 0 Å². The van der Waals surface area contributed by atoms with Gasteiger partial charge in [-0.15, -0.1) is 11.3 Å². The molecular formula is C19H20N4O3S. The number of ether oxygens (including phenoxy) is 2. The van der Waals surface area contributed by atoms with Crippen LogP contribution < -0.4 is 14.8 Å². The highest BCUT2D eigenvalue weighted by molar-refractivity contribution is 7.12. The van der Waals surface area contributed by atoms with Crippen molar-refractivity contribution in [2.24, 2.45) is 0 Å². The van der Waals surface area contributed by atoms with Crippen LogP contribution in [-0.2, 0) is 11.2 Å². The highest BCUT2D eigenvalue weighted by atomic mass is 32.1. The Labute approximate surface area is 161 Å².